The van der Waals surface area contributed by atoms with Crippen molar-refractivity contribution >= 4 is 40.6 Å². The van der Waals surface area contributed by atoms with Crippen molar-refractivity contribution in [2.24, 2.45) is 0 Å². The number of hydrogen-bond acceptors (Lipinski definition) is 5. The highest BCUT2D eigenvalue weighted by molar-refractivity contribution is 6.43. The fourth-order valence-corrected chi connectivity index (χ4v) is 2.29. The Morgan fingerprint density at radius 1 is 1.17 bits per heavy atom. The van der Waals surface area contributed by atoms with Gasteiger partial charge in [0.2, 0.25) is 0 Å². The molecule has 2 N–H and O–H groups in total. The molecule has 0 spiro atoms. The van der Waals surface area contributed by atoms with E-state index >= 15 is 0 Å². The Bertz CT molecular complexity index is 691. The molecule has 1 aromatic heterocycles. The Morgan fingerprint density at radius 2 is 1.96 bits per heavy atom. The molecule has 0 aliphatic heterocycles. The molecule has 2 rings (SSSR count). The summed E-state index contributed by atoms with van der Waals surface area (Å²) >= 11 is 12.1. The molecule has 1 amide bonds. The third kappa shape index (κ3) is 5.33. The third-order valence-electron chi connectivity index (χ3n) is 3.18. The molecule has 6 nitrogen and oxygen atoms in total. The van der Waals surface area contributed by atoms with E-state index in [9.17, 15) is 4.79 Å². The highest BCUT2D eigenvalue weighted by Gasteiger charge is 2.09. The van der Waals surface area contributed by atoms with Crippen LogP contribution in [-0.4, -0.2) is 48.2 Å². The second kappa shape index (κ2) is 8.82. The molecular weight excluding hydrogens is 349 g/mol. The molecule has 0 aliphatic carbocycles. The maximum absolute atomic E-state index is 12.0. The lowest BCUT2D eigenvalue weighted by Gasteiger charge is -2.10. The van der Waals surface area contributed by atoms with E-state index in [1.807, 2.05) is 14.1 Å². The van der Waals surface area contributed by atoms with Crippen LogP contribution in [0.5, 0.6) is 0 Å². The largest absolute Gasteiger partial charge is 0.351 e. The molecule has 0 unspecified atom stereocenters. The summed E-state index contributed by atoms with van der Waals surface area (Å²) in [6.45, 7) is 1.51. The smallest absolute Gasteiger partial charge is 0.271 e. The predicted octanol–water partition coefficient (Wildman–Crippen LogP) is 3.21. The molecule has 0 fully saturated rings. The summed E-state index contributed by atoms with van der Waals surface area (Å²) in [5, 5.41) is 14.6. The second-order valence-corrected chi connectivity index (χ2v) is 6.23. The Balaban J connectivity index is 1.93. The fraction of sp³-hybridized carbons (Fsp3) is 0.312. The first-order valence-electron chi connectivity index (χ1n) is 7.45. The standard InChI is InChI=1S/C16H19Cl2N5O/c1-23(2)10-4-9-19-16(24)13-7-8-14(22-21-13)20-12-6-3-5-11(17)15(12)18/h3,5-8H,4,9-10H2,1-2H3,(H,19,24)(H,20,22). The lowest BCUT2D eigenvalue weighted by molar-refractivity contribution is 0.0946. The number of benzene rings is 1. The van der Waals surface area contributed by atoms with Gasteiger partial charge in [0.15, 0.2) is 11.5 Å². The van der Waals surface area contributed by atoms with E-state index in [4.69, 9.17) is 23.2 Å². The molecule has 2 aromatic rings. The Kier molecular flexibility index (Phi) is 6.78. The number of hydrogen-bond donors (Lipinski definition) is 2. The van der Waals surface area contributed by atoms with Crippen molar-refractivity contribution in [3.05, 3.63) is 46.1 Å². The number of carbonyl (C=O) groups excluding carboxylic acids is 1. The Morgan fingerprint density at radius 3 is 2.62 bits per heavy atom. The van der Waals surface area contributed by atoms with Crippen LogP contribution in [0.3, 0.4) is 0 Å². The van der Waals surface area contributed by atoms with Crippen LogP contribution in [0.25, 0.3) is 0 Å². The zero-order chi connectivity index (χ0) is 17.5. The number of nitrogens with zero attached hydrogens (tertiary/aromatic N) is 3. The molecule has 0 saturated carbocycles. The monoisotopic (exact) mass is 367 g/mol. The van der Waals surface area contributed by atoms with E-state index in [0.717, 1.165) is 13.0 Å². The number of amides is 1. The summed E-state index contributed by atoms with van der Waals surface area (Å²) in [4.78, 5) is 14.0. The number of nitrogens with one attached hydrogen (secondary N) is 2. The van der Waals surface area contributed by atoms with Crippen molar-refractivity contribution in [3.63, 3.8) is 0 Å². The van der Waals surface area contributed by atoms with Crippen LogP contribution in [0, 0.1) is 0 Å². The average Bonchev–Trinajstić information content (AvgIpc) is 2.56. The Labute approximate surface area is 151 Å². The predicted molar refractivity (Wildman–Crippen MR) is 97.3 cm³/mol. The normalized spacial score (nSPS) is 10.7. The molecule has 0 bridgehead atoms. The van der Waals surface area contributed by atoms with E-state index in [1.54, 1.807) is 30.3 Å². The van der Waals surface area contributed by atoms with Crippen LogP contribution in [0.15, 0.2) is 30.3 Å². The van der Waals surface area contributed by atoms with Gasteiger partial charge in [-0.1, -0.05) is 29.3 Å². The topological polar surface area (TPSA) is 70.2 Å². The summed E-state index contributed by atoms with van der Waals surface area (Å²) < 4.78 is 0. The van der Waals surface area contributed by atoms with Crippen molar-refractivity contribution in [1.29, 1.82) is 0 Å². The molecule has 1 heterocycles. The summed E-state index contributed by atoms with van der Waals surface area (Å²) in [6.07, 6.45) is 0.874. The minimum atomic E-state index is -0.242. The van der Waals surface area contributed by atoms with Crippen LogP contribution in [0.2, 0.25) is 10.0 Å². The fourth-order valence-electron chi connectivity index (χ4n) is 1.95. The van der Waals surface area contributed by atoms with E-state index in [1.165, 1.54) is 0 Å². The van der Waals surface area contributed by atoms with Crippen LogP contribution in [0.4, 0.5) is 11.5 Å². The number of halogens is 2. The van der Waals surface area contributed by atoms with Gasteiger partial charge in [0.05, 0.1) is 15.7 Å². The molecule has 0 atom stereocenters. The summed E-state index contributed by atoms with van der Waals surface area (Å²) in [6, 6.07) is 8.53. The van der Waals surface area contributed by atoms with Crippen molar-refractivity contribution < 1.29 is 4.79 Å². The molecule has 128 valence electrons. The van der Waals surface area contributed by atoms with Gasteiger partial charge < -0.3 is 15.5 Å². The van der Waals surface area contributed by atoms with Crippen molar-refractivity contribution in [3.8, 4) is 0 Å². The van der Waals surface area contributed by atoms with Gasteiger partial charge in [-0.05, 0) is 51.3 Å². The summed E-state index contributed by atoms with van der Waals surface area (Å²) in [5.74, 6) is 0.233. The van der Waals surface area contributed by atoms with Crippen LogP contribution in [0.1, 0.15) is 16.9 Å². The van der Waals surface area contributed by atoms with Crippen LogP contribution in [-0.2, 0) is 0 Å². The van der Waals surface area contributed by atoms with Crippen molar-refractivity contribution in [2.75, 3.05) is 32.5 Å². The summed E-state index contributed by atoms with van der Waals surface area (Å²) in [5.41, 5.74) is 0.891. The van der Waals surface area contributed by atoms with E-state index in [-0.39, 0.29) is 11.6 Å². The van der Waals surface area contributed by atoms with Gasteiger partial charge in [-0.15, -0.1) is 10.2 Å². The lowest BCUT2D eigenvalue weighted by Crippen LogP contribution is -2.28. The van der Waals surface area contributed by atoms with Gasteiger partial charge in [-0.25, -0.2) is 0 Å². The first kappa shape index (κ1) is 18.4. The first-order chi connectivity index (χ1) is 11.5. The molecule has 0 aliphatic rings. The SMILES string of the molecule is CN(C)CCCNC(=O)c1ccc(Nc2cccc(Cl)c2Cl)nn1. The third-order valence-corrected chi connectivity index (χ3v) is 4.00. The first-order valence-corrected chi connectivity index (χ1v) is 8.20. The zero-order valence-electron chi connectivity index (χ0n) is 13.5. The zero-order valence-corrected chi connectivity index (χ0v) is 15.0. The minimum absolute atomic E-state index is 0.242. The van der Waals surface area contributed by atoms with E-state index < -0.39 is 0 Å². The quantitative estimate of drug-likeness (QED) is 0.735. The van der Waals surface area contributed by atoms with Gasteiger partial charge in [0, 0.05) is 6.54 Å². The van der Waals surface area contributed by atoms with Gasteiger partial charge in [-0.3, -0.25) is 4.79 Å². The molecule has 1 aromatic carbocycles. The molecule has 24 heavy (non-hydrogen) atoms. The molecular formula is C16H19Cl2N5O. The van der Waals surface area contributed by atoms with Crippen LogP contribution >= 0.6 is 23.2 Å². The van der Waals surface area contributed by atoms with Crippen molar-refractivity contribution in [1.82, 2.24) is 20.4 Å². The Hall–Kier alpha value is -1.89. The lowest BCUT2D eigenvalue weighted by atomic mass is 10.3. The van der Waals surface area contributed by atoms with Gasteiger partial charge in [0.25, 0.3) is 5.91 Å². The highest BCUT2D eigenvalue weighted by atomic mass is 35.5. The van der Waals surface area contributed by atoms with Crippen LogP contribution < -0.4 is 10.6 Å². The van der Waals surface area contributed by atoms with Crippen molar-refractivity contribution in [2.45, 2.75) is 6.42 Å². The van der Waals surface area contributed by atoms with Gasteiger partial charge >= 0.3 is 0 Å². The highest BCUT2D eigenvalue weighted by Crippen LogP contribution is 2.31. The number of carbonyl (C=O) groups is 1. The summed E-state index contributed by atoms with van der Waals surface area (Å²) in [7, 11) is 3.98. The number of rotatable bonds is 7. The number of anilines is 2. The molecule has 0 saturated heterocycles. The second-order valence-electron chi connectivity index (χ2n) is 5.44. The van der Waals surface area contributed by atoms with Gasteiger partial charge in [0.1, 0.15) is 0 Å². The van der Waals surface area contributed by atoms with E-state index in [2.05, 4.69) is 25.7 Å². The van der Waals surface area contributed by atoms with E-state index in [0.29, 0.717) is 28.1 Å². The maximum atomic E-state index is 12.0. The minimum Gasteiger partial charge on any atom is -0.351 e. The maximum Gasteiger partial charge on any atom is 0.271 e. The molecule has 8 heteroatoms. The van der Waals surface area contributed by atoms with Gasteiger partial charge in [-0.2, -0.15) is 0 Å². The number of aromatic nitrogens is 2. The average molecular weight is 368 g/mol. The molecule has 0 radical (unpaired) electrons.